The number of hydrogen-bond acceptors (Lipinski definition) is 5. The Balaban J connectivity index is 2.39. The molecule has 1 fully saturated rings. The molecule has 0 N–H and O–H groups in total. The highest BCUT2D eigenvalue weighted by Gasteiger charge is 2.26. The lowest BCUT2D eigenvalue weighted by molar-refractivity contribution is -0.159. The smallest absolute Gasteiger partial charge is 0.307 e. The minimum absolute atomic E-state index is 0.0331. The zero-order valence-corrected chi connectivity index (χ0v) is 8.52. The van der Waals surface area contributed by atoms with E-state index in [0.29, 0.717) is 6.61 Å². The average Bonchev–Trinajstić information content (AvgIpc) is 2.17. The van der Waals surface area contributed by atoms with Gasteiger partial charge in [0.15, 0.2) is 0 Å². The number of morpholine rings is 1. The zero-order chi connectivity index (χ0) is 11.3. The lowest BCUT2D eigenvalue weighted by Gasteiger charge is -2.24. The molecule has 1 rings (SSSR count). The van der Waals surface area contributed by atoms with Crippen molar-refractivity contribution >= 4 is 17.8 Å². The molecule has 0 saturated carbocycles. The van der Waals surface area contributed by atoms with E-state index < -0.39 is 17.8 Å². The van der Waals surface area contributed by atoms with Gasteiger partial charge in [0.2, 0.25) is 0 Å². The molecule has 6 heteroatoms. The molecule has 1 heterocycles. The van der Waals surface area contributed by atoms with E-state index in [4.69, 9.17) is 4.74 Å². The highest BCUT2D eigenvalue weighted by Crippen LogP contribution is 2.02. The SMILES string of the molecule is CCOC(=O)CCN1C(=O)COCC1=O. The highest BCUT2D eigenvalue weighted by molar-refractivity contribution is 5.98. The Morgan fingerprint density at radius 1 is 1.40 bits per heavy atom. The first kappa shape index (κ1) is 11.6. The van der Waals surface area contributed by atoms with Crippen molar-refractivity contribution in [3.8, 4) is 0 Å². The minimum atomic E-state index is -0.412. The van der Waals surface area contributed by atoms with Crippen LogP contribution < -0.4 is 0 Å². The Hall–Kier alpha value is -1.43. The molecule has 1 saturated heterocycles. The molecule has 84 valence electrons. The molecule has 0 aliphatic carbocycles. The van der Waals surface area contributed by atoms with Crippen molar-refractivity contribution in [3.63, 3.8) is 0 Å². The molecule has 15 heavy (non-hydrogen) atoms. The summed E-state index contributed by atoms with van der Waals surface area (Å²) in [6, 6.07) is 0. The van der Waals surface area contributed by atoms with E-state index in [9.17, 15) is 14.4 Å². The van der Waals surface area contributed by atoms with E-state index in [1.807, 2.05) is 0 Å². The number of carbonyl (C=O) groups is 3. The van der Waals surface area contributed by atoms with Crippen LogP contribution in [0, 0.1) is 0 Å². The van der Waals surface area contributed by atoms with Crippen LogP contribution in [-0.2, 0) is 23.9 Å². The third kappa shape index (κ3) is 3.32. The van der Waals surface area contributed by atoms with Gasteiger partial charge in [0.05, 0.1) is 13.0 Å². The molecule has 1 aliphatic heterocycles. The summed E-state index contributed by atoms with van der Waals surface area (Å²) in [5.41, 5.74) is 0. The summed E-state index contributed by atoms with van der Waals surface area (Å²) in [6.07, 6.45) is 0.0331. The number of hydrogen-bond donors (Lipinski definition) is 0. The third-order valence-corrected chi connectivity index (χ3v) is 1.90. The molecule has 1 aliphatic rings. The zero-order valence-electron chi connectivity index (χ0n) is 8.52. The maximum atomic E-state index is 11.2. The van der Waals surface area contributed by atoms with E-state index in [-0.39, 0.29) is 26.2 Å². The van der Waals surface area contributed by atoms with Crippen molar-refractivity contribution in [1.82, 2.24) is 4.90 Å². The lowest BCUT2D eigenvalue weighted by Crippen LogP contribution is -2.46. The molecule has 0 aromatic heterocycles. The van der Waals surface area contributed by atoms with Gasteiger partial charge in [0.25, 0.3) is 11.8 Å². The second-order valence-corrected chi connectivity index (χ2v) is 2.99. The first-order valence-corrected chi connectivity index (χ1v) is 4.71. The predicted octanol–water partition coefficient (Wildman–Crippen LogP) is -0.675. The van der Waals surface area contributed by atoms with Gasteiger partial charge >= 0.3 is 5.97 Å². The molecule has 0 aromatic rings. The highest BCUT2D eigenvalue weighted by atomic mass is 16.5. The van der Waals surface area contributed by atoms with Crippen LogP contribution in [0.25, 0.3) is 0 Å². The first-order chi connectivity index (χ1) is 7.15. The monoisotopic (exact) mass is 215 g/mol. The number of amides is 2. The van der Waals surface area contributed by atoms with Crippen molar-refractivity contribution in [2.75, 3.05) is 26.4 Å². The van der Waals surface area contributed by atoms with Crippen LogP contribution in [-0.4, -0.2) is 49.0 Å². The molecule has 0 radical (unpaired) electrons. The van der Waals surface area contributed by atoms with Gasteiger partial charge in [-0.25, -0.2) is 0 Å². The lowest BCUT2D eigenvalue weighted by atomic mass is 10.3. The summed E-state index contributed by atoms with van der Waals surface area (Å²) in [4.78, 5) is 34.4. The fourth-order valence-electron chi connectivity index (χ4n) is 1.21. The summed E-state index contributed by atoms with van der Waals surface area (Å²) in [7, 11) is 0. The van der Waals surface area contributed by atoms with Crippen molar-refractivity contribution in [2.45, 2.75) is 13.3 Å². The molecule has 0 bridgehead atoms. The van der Waals surface area contributed by atoms with Crippen LogP contribution in [0.2, 0.25) is 0 Å². The number of imide groups is 1. The molecule has 0 unspecified atom stereocenters. The number of carbonyl (C=O) groups excluding carboxylic acids is 3. The van der Waals surface area contributed by atoms with Gasteiger partial charge in [-0.15, -0.1) is 0 Å². The predicted molar refractivity (Wildman–Crippen MR) is 48.8 cm³/mol. The van der Waals surface area contributed by atoms with Gasteiger partial charge in [-0.3, -0.25) is 19.3 Å². The number of rotatable bonds is 4. The molecule has 0 atom stereocenters. The van der Waals surface area contributed by atoms with Gasteiger partial charge < -0.3 is 9.47 Å². The van der Waals surface area contributed by atoms with Gasteiger partial charge in [-0.05, 0) is 6.92 Å². The number of esters is 1. The Kier molecular flexibility index (Phi) is 4.23. The summed E-state index contributed by atoms with van der Waals surface area (Å²) in [6.45, 7) is 1.86. The van der Waals surface area contributed by atoms with Crippen molar-refractivity contribution < 1.29 is 23.9 Å². The molecular formula is C9H13NO5. The number of nitrogens with zero attached hydrogens (tertiary/aromatic N) is 1. The third-order valence-electron chi connectivity index (χ3n) is 1.90. The van der Waals surface area contributed by atoms with Crippen molar-refractivity contribution in [2.24, 2.45) is 0 Å². The van der Waals surface area contributed by atoms with Crippen molar-refractivity contribution in [1.29, 1.82) is 0 Å². The van der Waals surface area contributed by atoms with E-state index in [0.717, 1.165) is 4.90 Å². The summed E-state index contributed by atoms with van der Waals surface area (Å²) in [5, 5.41) is 0. The molecule has 0 spiro atoms. The summed E-state index contributed by atoms with van der Waals surface area (Å²) in [5.74, 6) is -1.23. The maximum Gasteiger partial charge on any atom is 0.307 e. The maximum absolute atomic E-state index is 11.2. The van der Waals surface area contributed by atoms with Crippen LogP contribution in [0.5, 0.6) is 0 Å². The largest absolute Gasteiger partial charge is 0.466 e. The van der Waals surface area contributed by atoms with Crippen LogP contribution in [0.3, 0.4) is 0 Å². The normalized spacial score (nSPS) is 16.7. The standard InChI is InChI=1S/C9H13NO5/c1-2-15-9(13)3-4-10-7(11)5-14-6-8(10)12/h2-6H2,1H3. The Labute approximate surface area is 87.1 Å². The second-order valence-electron chi connectivity index (χ2n) is 2.99. The first-order valence-electron chi connectivity index (χ1n) is 4.71. The van der Waals surface area contributed by atoms with Gasteiger partial charge in [-0.2, -0.15) is 0 Å². The van der Waals surface area contributed by atoms with Crippen LogP contribution >= 0.6 is 0 Å². The minimum Gasteiger partial charge on any atom is -0.466 e. The summed E-state index contributed by atoms with van der Waals surface area (Å²) >= 11 is 0. The van der Waals surface area contributed by atoms with E-state index >= 15 is 0 Å². The Morgan fingerprint density at radius 2 is 2.00 bits per heavy atom. The molecule has 2 amide bonds. The second kappa shape index (κ2) is 5.45. The fraction of sp³-hybridized carbons (Fsp3) is 0.667. The van der Waals surface area contributed by atoms with Crippen LogP contribution in [0.4, 0.5) is 0 Å². The molecule has 6 nitrogen and oxygen atoms in total. The van der Waals surface area contributed by atoms with Crippen LogP contribution in [0.15, 0.2) is 0 Å². The molecule has 0 aromatic carbocycles. The van der Waals surface area contributed by atoms with Crippen molar-refractivity contribution in [3.05, 3.63) is 0 Å². The quantitative estimate of drug-likeness (QED) is 0.459. The topological polar surface area (TPSA) is 72.9 Å². The Morgan fingerprint density at radius 3 is 2.53 bits per heavy atom. The Bertz CT molecular complexity index is 260. The van der Waals surface area contributed by atoms with Gasteiger partial charge in [0, 0.05) is 6.54 Å². The summed E-state index contributed by atoms with van der Waals surface area (Å²) < 4.78 is 9.41. The van der Waals surface area contributed by atoms with E-state index in [1.54, 1.807) is 6.92 Å². The van der Waals surface area contributed by atoms with Crippen LogP contribution in [0.1, 0.15) is 13.3 Å². The van der Waals surface area contributed by atoms with Gasteiger partial charge in [-0.1, -0.05) is 0 Å². The molecular weight excluding hydrogens is 202 g/mol. The van der Waals surface area contributed by atoms with E-state index in [1.165, 1.54) is 0 Å². The number of ether oxygens (including phenoxy) is 2. The van der Waals surface area contributed by atoms with E-state index in [2.05, 4.69) is 4.74 Å². The average molecular weight is 215 g/mol. The van der Waals surface area contributed by atoms with Gasteiger partial charge in [0.1, 0.15) is 13.2 Å². The fourth-order valence-corrected chi connectivity index (χ4v) is 1.21.